The number of morpholine rings is 1. The topological polar surface area (TPSA) is 73.9 Å². The Morgan fingerprint density at radius 1 is 0.962 bits per heavy atom. The predicted molar refractivity (Wildman–Crippen MR) is 101 cm³/mol. The molecular weight excluding hydrogens is 332 g/mol. The molecule has 7 heteroatoms. The number of hydrogen-bond donors (Lipinski definition) is 2. The number of carbonyl (C=O) groups excluding carboxylic acids is 2. The summed E-state index contributed by atoms with van der Waals surface area (Å²) in [6.07, 6.45) is 2.31. The number of nitrogens with one attached hydrogen (secondary N) is 2. The summed E-state index contributed by atoms with van der Waals surface area (Å²) in [5.41, 5.74) is 1.90. The maximum atomic E-state index is 12.0. The molecule has 26 heavy (non-hydrogen) atoms. The molecule has 0 atom stereocenters. The molecule has 1 aromatic rings. The lowest BCUT2D eigenvalue weighted by molar-refractivity contribution is -0.126. The highest BCUT2D eigenvalue weighted by Crippen LogP contribution is 2.22. The van der Waals surface area contributed by atoms with Crippen LogP contribution in [-0.2, 0) is 14.3 Å². The molecule has 142 valence electrons. The Labute approximate surface area is 154 Å². The van der Waals surface area contributed by atoms with Gasteiger partial charge in [-0.05, 0) is 37.1 Å². The van der Waals surface area contributed by atoms with Crippen molar-refractivity contribution in [3.8, 4) is 0 Å². The first kappa shape index (κ1) is 18.7. The molecule has 3 rings (SSSR count). The second kappa shape index (κ2) is 9.54. The number of ether oxygens (including phenoxy) is 1. The largest absolute Gasteiger partial charge is 0.379 e. The van der Waals surface area contributed by atoms with Gasteiger partial charge in [-0.15, -0.1) is 0 Å². The highest BCUT2D eigenvalue weighted by Gasteiger charge is 2.14. The Kier molecular flexibility index (Phi) is 6.85. The number of carbonyl (C=O) groups is 2. The molecule has 0 aromatic heterocycles. The molecule has 0 unspecified atom stereocenters. The fraction of sp³-hybridized carbons (Fsp3) is 0.579. The summed E-state index contributed by atoms with van der Waals surface area (Å²) in [4.78, 5) is 28.5. The minimum Gasteiger partial charge on any atom is -0.379 e. The second-order valence-corrected chi connectivity index (χ2v) is 6.77. The van der Waals surface area contributed by atoms with Crippen molar-refractivity contribution < 1.29 is 14.3 Å². The lowest BCUT2D eigenvalue weighted by atomic mass is 10.2. The van der Waals surface area contributed by atoms with Crippen LogP contribution in [0, 0.1) is 0 Å². The standard InChI is InChI=1S/C19H28N4O3/c24-18(20-7-10-22-11-13-26-14-12-22)15-19(25)21-16-3-5-17(6-4-16)23-8-1-2-9-23/h3-6H,1-2,7-15H2,(H,20,24)(H,21,25). The third kappa shape index (κ3) is 5.71. The Morgan fingerprint density at radius 3 is 2.35 bits per heavy atom. The molecule has 2 amide bonds. The van der Waals surface area contributed by atoms with Crippen molar-refractivity contribution in [2.24, 2.45) is 0 Å². The minimum atomic E-state index is -0.289. The van der Waals surface area contributed by atoms with E-state index in [9.17, 15) is 9.59 Å². The molecule has 0 spiro atoms. The van der Waals surface area contributed by atoms with Crippen molar-refractivity contribution in [3.05, 3.63) is 24.3 Å². The normalized spacial score (nSPS) is 17.9. The zero-order valence-electron chi connectivity index (χ0n) is 15.2. The molecule has 2 fully saturated rings. The van der Waals surface area contributed by atoms with Crippen molar-refractivity contribution in [2.75, 3.05) is 62.7 Å². The van der Waals surface area contributed by atoms with Gasteiger partial charge in [-0.25, -0.2) is 0 Å². The van der Waals surface area contributed by atoms with Crippen molar-refractivity contribution in [1.82, 2.24) is 10.2 Å². The van der Waals surface area contributed by atoms with Crippen LogP contribution < -0.4 is 15.5 Å². The van der Waals surface area contributed by atoms with Gasteiger partial charge in [0.05, 0.1) is 13.2 Å². The molecule has 2 aliphatic heterocycles. The van der Waals surface area contributed by atoms with E-state index in [1.54, 1.807) is 0 Å². The molecule has 0 saturated carbocycles. The minimum absolute atomic E-state index is 0.156. The molecule has 1 aromatic carbocycles. The SMILES string of the molecule is O=C(CC(=O)Nc1ccc(N2CCCC2)cc1)NCCN1CCOCC1. The van der Waals surface area contributed by atoms with Gasteiger partial charge >= 0.3 is 0 Å². The van der Waals surface area contributed by atoms with Gasteiger partial charge in [-0.3, -0.25) is 14.5 Å². The monoisotopic (exact) mass is 360 g/mol. The van der Waals surface area contributed by atoms with E-state index in [1.165, 1.54) is 18.5 Å². The smallest absolute Gasteiger partial charge is 0.233 e. The van der Waals surface area contributed by atoms with Crippen LogP contribution in [0.25, 0.3) is 0 Å². The van der Waals surface area contributed by atoms with E-state index in [2.05, 4.69) is 20.4 Å². The lowest BCUT2D eigenvalue weighted by Gasteiger charge is -2.26. The van der Waals surface area contributed by atoms with E-state index < -0.39 is 0 Å². The molecular formula is C19H28N4O3. The second-order valence-electron chi connectivity index (χ2n) is 6.77. The first-order chi connectivity index (χ1) is 12.7. The van der Waals surface area contributed by atoms with Gasteiger partial charge in [0.1, 0.15) is 6.42 Å². The van der Waals surface area contributed by atoms with E-state index in [-0.39, 0.29) is 18.2 Å². The van der Waals surface area contributed by atoms with E-state index in [4.69, 9.17) is 4.74 Å². The van der Waals surface area contributed by atoms with Crippen LogP contribution in [0.4, 0.5) is 11.4 Å². The van der Waals surface area contributed by atoms with Gasteiger partial charge < -0.3 is 20.3 Å². The Balaban J connectivity index is 1.35. The fourth-order valence-electron chi connectivity index (χ4n) is 3.32. The molecule has 2 N–H and O–H groups in total. The Bertz CT molecular complexity index is 593. The number of nitrogens with zero attached hydrogens (tertiary/aromatic N) is 2. The molecule has 2 aliphatic rings. The third-order valence-corrected chi connectivity index (χ3v) is 4.80. The quantitative estimate of drug-likeness (QED) is 0.712. The van der Waals surface area contributed by atoms with Crippen molar-refractivity contribution in [3.63, 3.8) is 0 Å². The Hall–Kier alpha value is -2.12. The Morgan fingerprint density at radius 2 is 1.65 bits per heavy atom. The highest BCUT2D eigenvalue weighted by atomic mass is 16.5. The molecule has 0 radical (unpaired) electrons. The summed E-state index contributed by atoms with van der Waals surface area (Å²) in [6, 6.07) is 7.82. The van der Waals surface area contributed by atoms with Crippen LogP contribution in [0.3, 0.4) is 0 Å². The number of hydrogen-bond acceptors (Lipinski definition) is 5. The van der Waals surface area contributed by atoms with Crippen molar-refractivity contribution in [1.29, 1.82) is 0 Å². The van der Waals surface area contributed by atoms with Crippen LogP contribution in [0.1, 0.15) is 19.3 Å². The first-order valence-corrected chi connectivity index (χ1v) is 9.42. The first-order valence-electron chi connectivity index (χ1n) is 9.42. The summed E-state index contributed by atoms with van der Waals surface area (Å²) in [5, 5.41) is 5.59. The zero-order chi connectivity index (χ0) is 18.2. The average Bonchev–Trinajstić information content (AvgIpc) is 3.18. The fourth-order valence-corrected chi connectivity index (χ4v) is 3.32. The molecule has 0 bridgehead atoms. The van der Waals surface area contributed by atoms with E-state index in [1.807, 2.05) is 24.3 Å². The van der Waals surface area contributed by atoms with Gasteiger partial charge in [0.15, 0.2) is 0 Å². The summed E-state index contributed by atoms with van der Waals surface area (Å²) in [6.45, 7) is 6.80. The van der Waals surface area contributed by atoms with Crippen molar-refractivity contribution >= 4 is 23.2 Å². The number of rotatable bonds is 7. The summed E-state index contributed by atoms with van der Waals surface area (Å²) in [5.74, 6) is -0.535. The third-order valence-electron chi connectivity index (χ3n) is 4.80. The van der Waals surface area contributed by atoms with Gasteiger partial charge in [0, 0.05) is 50.6 Å². The molecule has 0 aliphatic carbocycles. The molecule has 7 nitrogen and oxygen atoms in total. The number of amides is 2. The van der Waals surface area contributed by atoms with Gasteiger partial charge in [0.2, 0.25) is 11.8 Å². The van der Waals surface area contributed by atoms with Gasteiger partial charge in [-0.2, -0.15) is 0 Å². The van der Waals surface area contributed by atoms with Gasteiger partial charge in [-0.1, -0.05) is 0 Å². The maximum Gasteiger partial charge on any atom is 0.233 e. The molecule has 2 heterocycles. The average molecular weight is 360 g/mol. The summed E-state index contributed by atoms with van der Waals surface area (Å²) >= 11 is 0. The summed E-state index contributed by atoms with van der Waals surface area (Å²) < 4.78 is 5.29. The van der Waals surface area contributed by atoms with Crippen LogP contribution >= 0.6 is 0 Å². The number of benzene rings is 1. The zero-order valence-corrected chi connectivity index (χ0v) is 15.2. The van der Waals surface area contributed by atoms with Crippen LogP contribution in [0.5, 0.6) is 0 Å². The van der Waals surface area contributed by atoms with Crippen molar-refractivity contribution in [2.45, 2.75) is 19.3 Å². The molecule has 2 saturated heterocycles. The van der Waals surface area contributed by atoms with E-state index in [0.29, 0.717) is 6.54 Å². The predicted octanol–water partition coefficient (Wildman–Crippen LogP) is 1.06. The maximum absolute atomic E-state index is 12.0. The van der Waals surface area contributed by atoms with E-state index >= 15 is 0 Å². The summed E-state index contributed by atoms with van der Waals surface area (Å²) in [7, 11) is 0. The van der Waals surface area contributed by atoms with E-state index in [0.717, 1.165) is 51.6 Å². The van der Waals surface area contributed by atoms with Gasteiger partial charge in [0.25, 0.3) is 0 Å². The highest BCUT2D eigenvalue weighted by molar-refractivity contribution is 6.03. The van der Waals surface area contributed by atoms with Crippen LogP contribution in [0.15, 0.2) is 24.3 Å². The number of anilines is 2. The van der Waals surface area contributed by atoms with Crippen LogP contribution in [-0.4, -0.2) is 69.2 Å². The van der Waals surface area contributed by atoms with Crippen LogP contribution in [0.2, 0.25) is 0 Å². The lowest BCUT2D eigenvalue weighted by Crippen LogP contribution is -2.41.